The first-order chi connectivity index (χ1) is 13.9. The molecular formula is C21H24FNO6. The largest absolute Gasteiger partial charge is 0.494 e. The van der Waals surface area contributed by atoms with Gasteiger partial charge >= 0.3 is 5.97 Å². The van der Waals surface area contributed by atoms with E-state index in [2.05, 4.69) is 5.32 Å². The van der Waals surface area contributed by atoms with Crippen LogP contribution in [0.15, 0.2) is 36.4 Å². The van der Waals surface area contributed by atoms with Crippen LogP contribution in [0.3, 0.4) is 0 Å². The normalized spacial score (nSPS) is 11.3. The summed E-state index contributed by atoms with van der Waals surface area (Å²) in [6, 6.07) is 8.74. The molecule has 0 fully saturated rings. The van der Waals surface area contributed by atoms with Gasteiger partial charge in [-0.3, -0.25) is 9.59 Å². The highest BCUT2D eigenvalue weighted by atomic mass is 19.1. The van der Waals surface area contributed by atoms with Crippen LogP contribution in [0, 0.1) is 5.82 Å². The van der Waals surface area contributed by atoms with Gasteiger partial charge in [-0.2, -0.15) is 0 Å². The zero-order valence-electron chi connectivity index (χ0n) is 16.8. The number of benzene rings is 2. The molecule has 2 aromatic carbocycles. The van der Waals surface area contributed by atoms with E-state index in [-0.39, 0.29) is 24.5 Å². The van der Waals surface area contributed by atoms with Gasteiger partial charge in [0.15, 0.2) is 23.1 Å². The van der Waals surface area contributed by atoms with Crippen LogP contribution in [-0.2, 0) is 20.7 Å². The number of carbonyl (C=O) groups excluding carboxylic acids is 2. The van der Waals surface area contributed by atoms with Gasteiger partial charge in [0.2, 0.25) is 5.91 Å². The molecule has 2 aromatic rings. The van der Waals surface area contributed by atoms with Crippen LogP contribution < -0.4 is 19.5 Å². The minimum atomic E-state index is -0.655. The summed E-state index contributed by atoms with van der Waals surface area (Å²) in [7, 11) is 5.65. The van der Waals surface area contributed by atoms with E-state index in [9.17, 15) is 14.0 Å². The lowest BCUT2D eigenvalue weighted by Gasteiger charge is -2.20. The fraction of sp³-hybridized carbons (Fsp3) is 0.333. The molecular weight excluding hydrogens is 381 g/mol. The van der Waals surface area contributed by atoms with E-state index in [1.54, 1.807) is 24.3 Å². The van der Waals surface area contributed by atoms with Gasteiger partial charge in [-0.05, 0) is 35.4 Å². The monoisotopic (exact) mass is 405 g/mol. The summed E-state index contributed by atoms with van der Waals surface area (Å²) in [6.45, 7) is 0. The zero-order valence-corrected chi connectivity index (χ0v) is 16.8. The summed E-state index contributed by atoms with van der Waals surface area (Å²) < 4.78 is 34.0. The van der Waals surface area contributed by atoms with Crippen molar-refractivity contribution in [2.75, 3.05) is 28.4 Å². The Hall–Kier alpha value is -3.29. The van der Waals surface area contributed by atoms with Crippen LogP contribution in [0.4, 0.5) is 4.39 Å². The number of hydrogen-bond donors (Lipinski definition) is 1. The number of rotatable bonds is 9. The minimum absolute atomic E-state index is 0.0636. The topological polar surface area (TPSA) is 83.1 Å². The van der Waals surface area contributed by atoms with Crippen molar-refractivity contribution < 1.29 is 32.9 Å². The van der Waals surface area contributed by atoms with E-state index < -0.39 is 17.8 Å². The third kappa shape index (κ3) is 5.84. The molecule has 156 valence electrons. The molecule has 0 aliphatic carbocycles. The third-order valence-corrected chi connectivity index (χ3v) is 4.32. The maximum atomic E-state index is 13.9. The van der Waals surface area contributed by atoms with Gasteiger partial charge in [-0.1, -0.05) is 12.1 Å². The molecule has 0 saturated heterocycles. The minimum Gasteiger partial charge on any atom is -0.494 e. The Morgan fingerprint density at radius 2 is 1.59 bits per heavy atom. The second-order valence-electron chi connectivity index (χ2n) is 6.16. The van der Waals surface area contributed by atoms with Gasteiger partial charge in [0.05, 0.1) is 47.3 Å². The van der Waals surface area contributed by atoms with Crippen molar-refractivity contribution in [3.05, 3.63) is 53.3 Å². The number of hydrogen-bond acceptors (Lipinski definition) is 6. The summed E-state index contributed by atoms with van der Waals surface area (Å²) in [5, 5.41) is 2.79. The van der Waals surface area contributed by atoms with Gasteiger partial charge < -0.3 is 24.3 Å². The van der Waals surface area contributed by atoms with Crippen molar-refractivity contribution in [2.24, 2.45) is 0 Å². The SMILES string of the molecule is COC(=O)CC(NC(=O)Cc1ccc(OC)c(F)c1)c1ccc(OC)c(OC)c1. The average Bonchev–Trinajstić information content (AvgIpc) is 2.72. The Morgan fingerprint density at radius 3 is 2.17 bits per heavy atom. The van der Waals surface area contributed by atoms with Crippen LogP contribution in [0.2, 0.25) is 0 Å². The Labute approximate surface area is 168 Å². The van der Waals surface area contributed by atoms with Crippen molar-refractivity contribution in [3.8, 4) is 17.2 Å². The third-order valence-electron chi connectivity index (χ3n) is 4.32. The quantitative estimate of drug-likeness (QED) is 0.646. The number of amides is 1. The van der Waals surface area contributed by atoms with Gasteiger partial charge in [0.1, 0.15) is 0 Å². The predicted octanol–water partition coefficient (Wildman–Crippen LogP) is 2.81. The number of halogens is 1. The predicted molar refractivity (Wildman–Crippen MR) is 104 cm³/mol. The smallest absolute Gasteiger partial charge is 0.307 e. The van der Waals surface area contributed by atoms with E-state index in [0.717, 1.165) is 0 Å². The molecule has 0 heterocycles. The van der Waals surface area contributed by atoms with E-state index in [0.29, 0.717) is 22.6 Å². The maximum Gasteiger partial charge on any atom is 0.307 e. The molecule has 1 amide bonds. The molecule has 1 unspecified atom stereocenters. The van der Waals surface area contributed by atoms with E-state index in [1.165, 1.54) is 40.6 Å². The van der Waals surface area contributed by atoms with Crippen LogP contribution in [0.25, 0.3) is 0 Å². The first-order valence-electron chi connectivity index (χ1n) is 8.82. The van der Waals surface area contributed by atoms with Gasteiger partial charge in [0.25, 0.3) is 0 Å². The summed E-state index contributed by atoms with van der Waals surface area (Å²) in [4.78, 5) is 24.4. The highest BCUT2D eigenvalue weighted by Gasteiger charge is 2.21. The molecule has 1 N–H and O–H groups in total. The standard InChI is InChI=1S/C21H24FNO6/c1-26-17-7-5-13(9-15(17)22)10-20(24)23-16(12-21(25)29-4)14-6-8-18(27-2)19(11-14)28-3/h5-9,11,16H,10,12H2,1-4H3,(H,23,24). The lowest BCUT2D eigenvalue weighted by atomic mass is 10.0. The highest BCUT2D eigenvalue weighted by Crippen LogP contribution is 2.31. The Morgan fingerprint density at radius 1 is 0.931 bits per heavy atom. The summed E-state index contributed by atoms with van der Waals surface area (Å²) in [5.74, 6) is -0.329. The Bertz CT molecular complexity index is 870. The van der Waals surface area contributed by atoms with Crippen molar-refractivity contribution in [3.63, 3.8) is 0 Å². The fourth-order valence-corrected chi connectivity index (χ4v) is 2.82. The first kappa shape index (κ1) is 22.0. The molecule has 8 heteroatoms. The molecule has 0 radical (unpaired) electrons. The number of carbonyl (C=O) groups is 2. The number of esters is 1. The highest BCUT2D eigenvalue weighted by molar-refractivity contribution is 5.80. The Balaban J connectivity index is 2.20. The number of methoxy groups -OCH3 is 4. The van der Waals surface area contributed by atoms with Crippen molar-refractivity contribution >= 4 is 11.9 Å². The molecule has 0 bridgehead atoms. The molecule has 0 aliphatic heterocycles. The molecule has 29 heavy (non-hydrogen) atoms. The fourth-order valence-electron chi connectivity index (χ4n) is 2.82. The number of ether oxygens (including phenoxy) is 4. The maximum absolute atomic E-state index is 13.9. The second-order valence-corrected chi connectivity index (χ2v) is 6.16. The van der Waals surface area contributed by atoms with Gasteiger partial charge in [0, 0.05) is 0 Å². The Kier molecular flexibility index (Phi) is 7.82. The lowest BCUT2D eigenvalue weighted by Crippen LogP contribution is -2.31. The van der Waals surface area contributed by atoms with Crippen molar-refractivity contribution in [1.29, 1.82) is 0 Å². The first-order valence-corrected chi connectivity index (χ1v) is 8.82. The molecule has 1 atom stereocenters. The zero-order chi connectivity index (χ0) is 21.4. The van der Waals surface area contributed by atoms with Crippen LogP contribution in [0.5, 0.6) is 17.2 Å². The van der Waals surface area contributed by atoms with Gasteiger partial charge in [-0.25, -0.2) is 4.39 Å². The molecule has 2 rings (SSSR count). The van der Waals surface area contributed by atoms with Crippen molar-refractivity contribution in [1.82, 2.24) is 5.32 Å². The van der Waals surface area contributed by atoms with E-state index in [4.69, 9.17) is 18.9 Å². The van der Waals surface area contributed by atoms with E-state index in [1.807, 2.05) is 0 Å². The molecule has 0 saturated carbocycles. The summed E-state index contributed by atoms with van der Waals surface area (Å²) >= 11 is 0. The van der Waals surface area contributed by atoms with Crippen molar-refractivity contribution in [2.45, 2.75) is 18.9 Å². The van der Waals surface area contributed by atoms with E-state index >= 15 is 0 Å². The number of nitrogens with one attached hydrogen (secondary N) is 1. The lowest BCUT2D eigenvalue weighted by molar-refractivity contribution is -0.141. The molecule has 7 nitrogen and oxygen atoms in total. The molecule has 0 spiro atoms. The average molecular weight is 405 g/mol. The summed E-state index contributed by atoms with van der Waals surface area (Å²) in [5.41, 5.74) is 1.12. The molecule has 0 aromatic heterocycles. The van der Waals surface area contributed by atoms with Crippen LogP contribution in [-0.4, -0.2) is 40.3 Å². The van der Waals surface area contributed by atoms with Gasteiger partial charge in [-0.15, -0.1) is 0 Å². The summed E-state index contributed by atoms with van der Waals surface area (Å²) in [6.07, 6.45) is -0.138. The van der Waals surface area contributed by atoms with Crippen LogP contribution in [0.1, 0.15) is 23.6 Å². The van der Waals surface area contributed by atoms with Crippen LogP contribution >= 0.6 is 0 Å². The second kappa shape index (κ2) is 10.3. The molecule has 0 aliphatic rings.